The molecule has 0 spiro atoms. The monoisotopic (exact) mass is 312 g/mol. The molecule has 0 saturated carbocycles. The zero-order valence-electron chi connectivity index (χ0n) is 12.1. The number of carbonyl (C=O) groups excluding carboxylic acids is 2. The Kier molecular flexibility index (Phi) is 4.15. The molecule has 0 bridgehead atoms. The van der Waals surface area contributed by atoms with Crippen LogP contribution in [0.3, 0.4) is 0 Å². The van der Waals surface area contributed by atoms with E-state index in [2.05, 4.69) is 16.7 Å². The molecule has 5 heteroatoms. The number of nitrogens with one attached hydrogen (secondary N) is 2. The number of fused-ring (bicyclic) bond motifs is 1. The summed E-state index contributed by atoms with van der Waals surface area (Å²) in [5.74, 6) is -0.145. The zero-order chi connectivity index (χ0) is 15.5. The summed E-state index contributed by atoms with van der Waals surface area (Å²) in [7, 11) is 1.59. The molecule has 1 unspecified atom stereocenters. The van der Waals surface area contributed by atoms with Crippen LogP contribution in [0.5, 0.6) is 0 Å². The second kappa shape index (κ2) is 6.23. The molecule has 0 aromatic heterocycles. The van der Waals surface area contributed by atoms with Crippen molar-refractivity contribution in [2.45, 2.75) is 16.6 Å². The number of thioether (sulfide) groups is 1. The van der Waals surface area contributed by atoms with E-state index < -0.39 is 0 Å². The summed E-state index contributed by atoms with van der Waals surface area (Å²) in [4.78, 5) is 25.0. The van der Waals surface area contributed by atoms with Gasteiger partial charge in [-0.25, -0.2) is 0 Å². The minimum absolute atomic E-state index is 0.00565. The number of rotatable bonds is 3. The molecule has 112 valence electrons. The average molecular weight is 312 g/mol. The van der Waals surface area contributed by atoms with Gasteiger partial charge in [0.15, 0.2) is 0 Å². The van der Waals surface area contributed by atoms with Crippen LogP contribution in [0.25, 0.3) is 0 Å². The lowest BCUT2D eigenvalue weighted by atomic mass is 10.1. The molecule has 3 rings (SSSR count). The minimum Gasteiger partial charge on any atom is -0.355 e. The van der Waals surface area contributed by atoms with Gasteiger partial charge in [0, 0.05) is 23.2 Å². The van der Waals surface area contributed by atoms with Crippen LogP contribution in [0, 0.1) is 0 Å². The van der Waals surface area contributed by atoms with Crippen molar-refractivity contribution < 1.29 is 9.59 Å². The van der Waals surface area contributed by atoms with Crippen molar-refractivity contribution in [1.82, 2.24) is 5.32 Å². The van der Waals surface area contributed by atoms with Crippen LogP contribution in [0.15, 0.2) is 53.4 Å². The first-order valence-corrected chi connectivity index (χ1v) is 7.93. The molecule has 4 nitrogen and oxygen atoms in total. The van der Waals surface area contributed by atoms with Crippen LogP contribution in [-0.2, 0) is 11.2 Å². The first kappa shape index (κ1) is 14.7. The fraction of sp³-hybridized carbons (Fsp3) is 0.176. The molecule has 1 atom stereocenters. The van der Waals surface area contributed by atoms with Crippen LogP contribution in [0.4, 0.5) is 5.69 Å². The topological polar surface area (TPSA) is 58.2 Å². The predicted octanol–water partition coefficient (Wildman–Crippen LogP) is 2.70. The van der Waals surface area contributed by atoms with E-state index >= 15 is 0 Å². The van der Waals surface area contributed by atoms with E-state index in [0.29, 0.717) is 11.3 Å². The molecule has 2 aromatic rings. The second-order valence-electron chi connectivity index (χ2n) is 5.06. The van der Waals surface area contributed by atoms with Crippen molar-refractivity contribution >= 4 is 29.3 Å². The fourth-order valence-corrected chi connectivity index (χ4v) is 3.60. The molecule has 0 aliphatic carbocycles. The summed E-state index contributed by atoms with van der Waals surface area (Å²) in [5, 5.41) is 5.38. The Bertz CT molecular complexity index is 688. The highest BCUT2D eigenvalue weighted by Crippen LogP contribution is 2.37. The van der Waals surface area contributed by atoms with Gasteiger partial charge in [-0.3, -0.25) is 9.59 Å². The molecule has 1 heterocycles. The van der Waals surface area contributed by atoms with Gasteiger partial charge in [0.2, 0.25) is 5.91 Å². The molecule has 0 fully saturated rings. The highest BCUT2D eigenvalue weighted by molar-refractivity contribution is 8.01. The number of amides is 2. The Morgan fingerprint density at radius 2 is 1.82 bits per heavy atom. The summed E-state index contributed by atoms with van der Waals surface area (Å²) in [6, 6.07) is 15.0. The molecular formula is C17H16N2O2S. The van der Waals surface area contributed by atoms with Crippen molar-refractivity contribution in [3.8, 4) is 0 Å². The molecule has 0 saturated heterocycles. The van der Waals surface area contributed by atoms with E-state index in [0.717, 1.165) is 6.42 Å². The maximum Gasteiger partial charge on any atom is 0.251 e. The third-order valence-corrected chi connectivity index (χ3v) is 4.90. The maximum atomic E-state index is 12.3. The third kappa shape index (κ3) is 2.99. The number of hydrogen-bond acceptors (Lipinski definition) is 3. The zero-order valence-corrected chi connectivity index (χ0v) is 12.9. The molecular weight excluding hydrogens is 296 g/mol. The van der Waals surface area contributed by atoms with Crippen LogP contribution in [-0.4, -0.2) is 24.1 Å². The first-order chi connectivity index (χ1) is 10.7. The fourth-order valence-electron chi connectivity index (χ4n) is 2.40. The lowest BCUT2D eigenvalue weighted by Gasteiger charge is -2.10. The van der Waals surface area contributed by atoms with Gasteiger partial charge in [-0.1, -0.05) is 18.2 Å². The minimum atomic E-state index is -0.139. The van der Waals surface area contributed by atoms with Gasteiger partial charge in [-0.15, -0.1) is 11.8 Å². The van der Waals surface area contributed by atoms with Gasteiger partial charge >= 0.3 is 0 Å². The van der Waals surface area contributed by atoms with Gasteiger partial charge < -0.3 is 10.6 Å². The molecule has 2 aromatic carbocycles. The number of anilines is 1. The van der Waals surface area contributed by atoms with Crippen molar-refractivity contribution in [2.75, 3.05) is 12.4 Å². The Morgan fingerprint density at radius 3 is 2.50 bits per heavy atom. The van der Waals surface area contributed by atoms with Crippen LogP contribution >= 0.6 is 11.8 Å². The number of carbonyl (C=O) groups is 2. The summed E-state index contributed by atoms with van der Waals surface area (Å²) in [6.07, 6.45) is 0.753. The first-order valence-electron chi connectivity index (χ1n) is 7.05. The molecule has 1 aliphatic heterocycles. The molecule has 22 heavy (non-hydrogen) atoms. The average Bonchev–Trinajstić information content (AvgIpc) is 2.99. The maximum absolute atomic E-state index is 12.3. The SMILES string of the molecule is CNC(=O)c1ccc(NC(=O)C2Cc3ccccc3S2)cc1. The van der Waals surface area contributed by atoms with Crippen LogP contribution < -0.4 is 10.6 Å². The third-order valence-electron chi connectivity index (χ3n) is 3.58. The van der Waals surface area contributed by atoms with Crippen molar-refractivity contribution in [3.63, 3.8) is 0 Å². The van der Waals surface area contributed by atoms with Gasteiger partial charge in [0.25, 0.3) is 5.91 Å². The molecule has 2 N–H and O–H groups in total. The van der Waals surface area contributed by atoms with Gasteiger partial charge in [-0.2, -0.15) is 0 Å². The Labute approximate surface area is 133 Å². The van der Waals surface area contributed by atoms with Crippen molar-refractivity contribution in [2.24, 2.45) is 0 Å². The number of benzene rings is 2. The van der Waals surface area contributed by atoms with E-state index in [1.165, 1.54) is 10.5 Å². The molecule has 2 amide bonds. The summed E-state index contributed by atoms with van der Waals surface area (Å²) < 4.78 is 0. The summed E-state index contributed by atoms with van der Waals surface area (Å²) in [6.45, 7) is 0. The molecule has 0 radical (unpaired) electrons. The van der Waals surface area contributed by atoms with Crippen LogP contribution in [0.1, 0.15) is 15.9 Å². The Hall–Kier alpha value is -2.27. The van der Waals surface area contributed by atoms with E-state index in [9.17, 15) is 9.59 Å². The largest absolute Gasteiger partial charge is 0.355 e. The van der Waals surface area contributed by atoms with E-state index in [1.807, 2.05) is 18.2 Å². The van der Waals surface area contributed by atoms with Gasteiger partial charge in [0.1, 0.15) is 0 Å². The lowest BCUT2D eigenvalue weighted by molar-refractivity contribution is -0.115. The van der Waals surface area contributed by atoms with Gasteiger partial charge in [-0.05, 0) is 42.3 Å². The van der Waals surface area contributed by atoms with Crippen molar-refractivity contribution in [3.05, 3.63) is 59.7 Å². The van der Waals surface area contributed by atoms with Crippen LogP contribution in [0.2, 0.25) is 0 Å². The normalized spacial score (nSPS) is 16.0. The Balaban J connectivity index is 1.64. The smallest absolute Gasteiger partial charge is 0.251 e. The van der Waals surface area contributed by atoms with E-state index in [1.54, 1.807) is 43.1 Å². The molecule has 1 aliphatic rings. The highest BCUT2D eigenvalue weighted by atomic mass is 32.2. The van der Waals surface area contributed by atoms with E-state index in [4.69, 9.17) is 0 Å². The van der Waals surface area contributed by atoms with Crippen molar-refractivity contribution in [1.29, 1.82) is 0 Å². The lowest BCUT2D eigenvalue weighted by Crippen LogP contribution is -2.24. The standard InChI is InChI=1S/C17H16N2O2S/c1-18-16(20)11-6-8-13(9-7-11)19-17(21)15-10-12-4-2-3-5-14(12)22-15/h2-9,15H,10H2,1H3,(H,18,20)(H,19,21). The highest BCUT2D eigenvalue weighted by Gasteiger charge is 2.27. The summed E-state index contributed by atoms with van der Waals surface area (Å²) >= 11 is 1.60. The summed E-state index contributed by atoms with van der Waals surface area (Å²) in [5.41, 5.74) is 2.50. The quantitative estimate of drug-likeness (QED) is 0.916. The predicted molar refractivity (Wildman–Crippen MR) is 88.3 cm³/mol. The van der Waals surface area contributed by atoms with Gasteiger partial charge in [0.05, 0.1) is 5.25 Å². The second-order valence-corrected chi connectivity index (χ2v) is 6.31. The van der Waals surface area contributed by atoms with E-state index in [-0.39, 0.29) is 17.1 Å². The Morgan fingerprint density at radius 1 is 1.09 bits per heavy atom. The number of hydrogen-bond donors (Lipinski definition) is 2.